The molecule has 0 bridgehead atoms. The van der Waals surface area contributed by atoms with E-state index in [9.17, 15) is 8.78 Å². The van der Waals surface area contributed by atoms with E-state index >= 15 is 0 Å². The van der Waals surface area contributed by atoms with Gasteiger partial charge < -0.3 is 5.32 Å². The monoisotopic (exact) mass is 339 g/mol. The van der Waals surface area contributed by atoms with Gasteiger partial charge in [0.15, 0.2) is 0 Å². The fraction of sp³-hybridized carbons (Fsp3) is 0.250. The second-order valence-corrected chi connectivity index (χ2v) is 5.64. The molecule has 20 heavy (non-hydrogen) atoms. The van der Waals surface area contributed by atoms with Gasteiger partial charge in [0.1, 0.15) is 11.6 Å². The Balaban J connectivity index is 2.33. The van der Waals surface area contributed by atoms with Crippen LogP contribution in [0.5, 0.6) is 0 Å². The van der Waals surface area contributed by atoms with Crippen LogP contribution >= 0.6 is 15.9 Å². The van der Waals surface area contributed by atoms with Crippen LogP contribution in [-0.4, -0.2) is 7.05 Å². The van der Waals surface area contributed by atoms with Crippen molar-refractivity contribution in [3.8, 4) is 0 Å². The SMILES string of the molecule is CNC(Cc1cc(F)ccc1Br)c1cc(F)ccc1C. The molecule has 0 saturated heterocycles. The predicted molar refractivity (Wildman–Crippen MR) is 80.7 cm³/mol. The number of halogens is 3. The highest BCUT2D eigenvalue weighted by Crippen LogP contribution is 2.26. The van der Waals surface area contributed by atoms with Crippen LogP contribution in [0, 0.1) is 18.6 Å². The largest absolute Gasteiger partial charge is 0.313 e. The second-order valence-electron chi connectivity index (χ2n) is 4.78. The zero-order valence-corrected chi connectivity index (χ0v) is 13.0. The first-order valence-corrected chi connectivity index (χ1v) is 7.18. The van der Waals surface area contributed by atoms with Crippen LogP contribution in [0.15, 0.2) is 40.9 Å². The number of benzene rings is 2. The normalized spacial score (nSPS) is 12.4. The van der Waals surface area contributed by atoms with Crippen molar-refractivity contribution in [1.29, 1.82) is 0 Å². The van der Waals surface area contributed by atoms with E-state index in [1.54, 1.807) is 12.1 Å². The lowest BCUT2D eigenvalue weighted by Gasteiger charge is -2.20. The number of nitrogens with one attached hydrogen (secondary N) is 1. The molecule has 0 aliphatic carbocycles. The van der Waals surface area contributed by atoms with E-state index in [4.69, 9.17) is 0 Å². The average Bonchev–Trinajstić information content (AvgIpc) is 2.42. The van der Waals surface area contributed by atoms with E-state index in [-0.39, 0.29) is 17.7 Å². The first-order valence-electron chi connectivity index (χ1n) is 6.38. The Morgan fingerprint density at radius 3 is 2.45 bits per heavy atom. The van der Waals surface area contributed by atoms with E-state index in [2.05, 4.69) is 21.2 Å². The summed E-state index contributed by atoms with van der Waals surface area (Å²) in [5.74, 6) is -0.529. The first kappa shape index (κ1) is 15.1. The summed E-state index contributed by atoms with van der Waals surface area (Å²) in [4.78, 5) is 0. The van der Waals surface area contributed by atoms with Crippen molar-refractivity contribution in [2.75, 3.05) is 7.05 Å². The molecule has 0 aliphatic heterocycles. The minimum absolute atomic E-state index is 0.0659. The molecule has 4 heteroatoms. The molecule has 0 heterocycles. The van der Waals surface area contributed by atoms with Crippen LogP contribution in [0.1, 0.15) is 22.7 Å². The van der Waals surface area contributed by atoms with E-state index in [0.717, 1.165) is 21.2 Å². The quantitative estimate of drug-likeness (QED) is 0.862. The van der Waals surface area contributed by atoms with Crippen LogP contribution in [-0.2, 0) is 6.42 Å². The molecule has 2 aromatic carbocycles. The molecular weight excluding hydrogens is 324 g/mol. The number of hydrogen-bond donors (Lipinski definition) is 1. The lowest BCUT2D eigenvalue weighted by atomic mass is 9.95. The molecule has 2 aromatic rings. The highest BCUT2D eigenvalue weighted by atomic mass is 79.9. The van der Waals surface area contributed by atoms with Crippen molar-refractivity contribution < 1.29 is 8.78 Å². The molecule has 2 rings (SSSR count). The molecule has 106 valence electrons. The van der Waals surface area contributed by atoms with Crippen LogP contribution in [0.2, 0.25) is 0 Å². The van der Waals surface area contributed by atoms with Gasteiger partial charge in [0.2, 0.25) is 0 Å². The standard InChI is InChI=1S/C16H16BrF2N/c1-10-3-4-13(19)9-14(10)16(20-2)8-11-7-12(18)5-6-15(11)17/h3-7,9,16,20H,8H2,1-2H3. The molecule has 1 unspecified atom stereocenters. The summed E-state index contributed by atoms with van der Waals surface area (Å²) in [7, 11) is 1.82. The van der Waals surface area contributed by atoms with Crippen LogP contribution in [0.4, 0.5) is 8.78 Å². The summed E-state index contributed by atoms with van der Waals surface area (Å²) in [6.45, 7) is 1.94. The Morgan fingerprint density at radius 2 is 1.75 bits per heavy atom. The molecule has 1 N–H and O–H groups in total. The zero-order chi connectivity index (χ0) is 14.7. The van der Waals surface area contributed by atoms with Gasteiger partial charge in [0, 0.05) is 10.5 Å². The molecule has 0 amide bonds. The Morgan fingerprint density at radius 1 is 1.10 bits per heavy atom. The topological polar surface area (TPSA) is 12.0 Å². The van der Waals surface area contributed by atoms with Gasteiger partial charge in [0.25, 0.3) is 0 Å². The Kier molecular flexibility index (Phi) is 4.89. The van der Waals surface area contributed by atoms with Gasteiger partial charge in [-0.1, -0.05) is 22.0 Å². The van der Waals surface area contributed by atoms with Crippen molar-refractivity contribution >= 4 is 15.9 Å². The fourth-order valence-electron chi connectivity index (χ4n) is 2.27. The van der Waals surface area contributed by atoms with E-state index in [1.165, 1.54) is 24.3 Å². The molecule has 0 saturated carbocycles. The van der Waals surface area contributed by atoms with Crippen LogP contribution in [0.3, 0.4) is 0 Å². The van der Waals surface area contributed by atoms with Crippen molar-refractivity contribution in [2.45, 2.75) is 19.4 Å². The van der Waals surface area contributed by atoms with Crippen molar-refractivity contribution in [1.82, 2.24) is 5.32 Å². The molecule has 1 atom stereocenters. The smallest absolute Gasteiger partial charge is 0.123 e. The van der Waals surface area contributed by atoms with Gasteiger partial charge in [-0.25, -0.2) is 8.78 Å². The third-order valence-corrected chi connectivity index (χ3v) is 4.17. The first-order chi connectivity index (χ1) is 9.51. The second kappa shape index (κ2) is 6.46. The number of hydrogen-bond acceptors (Lipinski definition) is 1. The van der Waals surface area contributed by atoms with Gasteiger partial charge in [-0.05, 0) is 67.4 Å². The highest BCUT2D eigenvalue weighted by molar-refractivity contribution is 9.10. The number of likely N-dealkylation sites (N-methyl/N-ethyl adjacent to an activating group) is 1. The summed E-state index contributed by atoms with van der Waals surface area (Å²) in [5.41, 5.74) is 2.76. The number of aryl methyl sites for hydroxylation is 1. The lowest BCUT2D eigenvalue weighted by Crippen LogP contribution is -2.20. The minimum atomic E-state index is -0.269. The molecule has 0 radical (unpaired) electrons. The summed E-state index contributed by atoms with van der Waals surface area (Å²) in [6.07, 6.45) is 0.582. The maximum absolute atomic E-state index is 13.4. The summed E-state index contributed by atoms with van der Waals surface area (Å²) < 4.78 is 27.6. The predicted octanol–water partition coefficient (Wildman–Crippen LogP) is 4.54. The summed E-state index contributed by atoms with van der Waals surface area (Å²) in [5, 5.41) is 3.17. The van der Waals surface area contributed by atoms with E-state index in [0.29, 0.717) is 6.42 Å². The molecule has 0 spiro atoms. The van der Waals surface area contributed by atoms with E-state index < -0.39 is 0 Å². The Hall–Kier alpha value is -1.26. The van der Waals surface area contributed by atoms with Gasteiger partial charge in [-0.3, -0.25) is 0 Å². The maximum atomic E-state index is 13.4. The third-order valence-electron chi connectivity index (χ3n) is 3.40. The average molecular weight is 340 g/mol. The van der Waals surface area contributed by atoms with E-state index in [1.807, 2.05) is 14.0 Å². The van der Waals surface area contributed by atoms with Crippen LogP contribution in [0.25, 0.3) is 0 Å². The molecule has 0 aliphatic rings. The summed E-state index contributed by atoms with van der Waals surface area (Å²) in [6, 6.07) is 9.28. The van der Waals surface area contributed by atoms with Gasteiger partial charge in [-0.15, -0.1) is 0 Å². The van der Waals surface area contributed by atoms with Crippen molar-refractivity contribution in [2.24, 2.45) is 0 Å². The third kappa shape index (κ3) is 3.44. The van der Waals surface area contributed by atoms with Gasteiger partial charge >= 0.3 is 0 Å². The Labute approximate surface area is 126 Å². The van der Waals surface area contributed by atoms with Crippen molar-refractivity contribution in [3.63, 3.8) is 0 Å². The lowest BCUT2D eigenvalue weighted by molar-refractivity contribution is 0.569. The minimum Gasteiger partial charge on any atom is -0.313 e. The highest BCUT2D eigenvalue weighted by Gasteiger charge is 2.15. The molecule has 1 nitrogen and oxygen atoms in total. The molecule has 0 aromatic heterocycles. The molecule has 0 fully saturated rings. The Bertz CT molecular complexity index is 613. The zero-order valence-electron chi connectivity index (χ0n) is 11.4. The number of rotatable bonds is 4. The summed E-state index contributed by atoms with van der Waals surface area (Å²) >= 11 is 3.43. The fourth-order valence-corrected chi connectivity index (χ4v) is 2.68. The van der Waals surface area contributed by atoms with Crippen molar-refractivity contribution in [3.05, 3.63) is 69.2 Å². The molecular formula is C16H16BrF2N. The maximum Gasteiger partial charge on any atom is 0.123 e. The van der Waals surface area contributed by atoms with Gasteiger partial charge in [0.05, 0.1) is 0 Å². The van der Waals surface area contributed by atoms with Crippen LogP contribution < -0.4 is 5.32 Å². The van der Waals surface area contributed by atoms with Gasteiger partial charge in [-0.2, -0.15) is 0 Å².